The molecule has 0 spiro atoms. The highest BCUT2D eigenvalue weighted by atomic mass is 16.1. The first kappa shape index (κ1) is 6.84. The zero-order chi connectivity index (χ0) is 8.55. The first-order chi connectivity index (χ1) is 5.77. The minimum Gasteiger partial charge on any atom is -0.364 e. The fourth-order valence-electron chi connectivity index (χ4n) is 0.932. The van der Waals surface area contributed by atoms with Crippen LogP contribution in [0.15, 0.2) is 20.2 Å². The number of carbonyl (C=O) groups excluding carboxylic acids is 1. The van der Waals surface area contributed by atoms with E-state index in [9.17, 15) is 4.79 Å². The molecule has 0 saturated heterocycles. The van der Waals surface area contributed by atoms with Crippen molar-refractivity contribution in [2.24, 2.45) is 25.9 Å². The molecule has 0 aromatic heterocycles. The van der Waals surface area contributed by atoms with Crippen LogP contribution >= 0.6 is 0 Å². The molecule has 0 aromatic rings. The average molecular weight is 163 g/mol. The summed E-state index contributed by atoms with van der Waals surface area (Å²) >= 11 is 0. The van der Waals surface area contributed by atoms with Crippen molar-refractivity contribution < 1.29 is 4.79 Å². The Bertz CT molecular complexity index is 362. The van der Waals surface area contributed by atoms with E-state index in [4.69, 9.17) is 5.73 Å². The van der Waals surface area contributed by atoms with E-state index in [1.807, 2.05) is 0 Å². The molecule has 12 heavy (non-hydrogen) atoms. The molecular formula is C6H5N5O. The summed E-state index contributed by atoms with van der Waals surface area (Å²) in [4.78, 5) is 18.4. The molecule has 2 aliphatic rings. The normalized spacial score (nSPS) is 19.5. The van der Waals surface area contributed by atoms with Crippen LogP contribution in [0.5, 0.6) is 0 Å². The van der Waals surface area contributed by atoms with E-state index in [0.29, 0.717) is 18.0 Å². The quantitative estimate of drug-likeness (QED) is 0.533. The molecule has 2 N–H and O–H groups in total. The van der Waals surface area contributed by atoms with E-state index >= 15 is 0 Å². The van der Waals surface area contributed by atoms with Crippen molar-refractivity contribution in [3.63, 3.8) is 0 Å². The van der Waals surface area contributed by atoms with Gasteiger partial charge in [0.25, 0.3) is 5.91 Å². The maximum absolute atomic E-state index is 10.7. The second-order valence-corrected chi connectivity index (χ2v) is 2.33. The zero-order valence-corrected chi connectivity index (χ0v) is 6.06. The number of primary amides is 1. The van der Waals surface area contributed by atoms with Crippen molar-refractivity contribution in [1.82, 2.24) is 0 Å². The molecule has 60 valence electrons. The number of hydrogen-bond donors (Lipinski definition) is 1. The maximum atomic E-state index is 10.7. The molecule has 6 nitrogen and oxygen atoms in total. The Hall–Kier alpha value is -1.85. The monoisotopic (exact) mass is 163 g/mol. The van der Waals surface area contributed by atoms with Gasteiger partial charge in [-0.25, -0.2) is 9.98 Å². The maximum Gasteiger partial charge on any atom is 0.265 e. The molecule has 0 fully saturated rings. The summed E-state index contributed by atoms with van der Waals surface area (Å²) in [5.74, 6) is -0.0904. The number of rotatable bonds is 1. The molecule has 0 unspecified atom stereocenters. The summed E-state index contributed by atoms with van der Waals surface area (Å²) in [7, 11) is 0. The van der Waals surface area contributed by atoms with E-state index in [1.165, 1.54) is 6.34 Å². The number of nitrogens with zero attached hydrogens (tertiary/aromatic N) is 4. The average Bonchev–Trinajstić information content (AvgIpc) is 2.49. The minimum absolute atomic E-state index is 0.225. The van der Waals surface area contributed by atoms with Crippen LogP contribution in [0, 0.1) is 0 Å². The van der Waals surface area contributed by atoms with Crippen LogP contribution < -0.4 is 5.73 Å². The van der Waals surface area contributed by atoms with Gasteiger partial charge in [0.05, 0.1) is 5.71 Å². The summed E-state index contributed by atoms with van der Waals surface area (Å²) < 4.78 is 0. The SMILES string of the molecule is NC(=O)C1=NN=C2N=CN=C2C1. The van der Waals surface area contributed by atoms with Crippen LogP contribution in [0.1, 0.15) is 6.42 Å². The van der Waals surface area contributed by atoms with E-state index in [0.717, 1.165) is 0 Å². The molecule has 6 heteroatoms. The van der Waals surface area contributed by atoms with Crippen LogP contribution in [0.4, 0.5) is 0 Å². The predicted octanol–water partition coefficient (Wildman–Crippen LogP) is -0.887. The third-order valence-electron chi connectivity index (χ3n) is 1.54. The summed E-state index contributed by atoms with van der Waals surface area (Å²) in [6.45, 7) is 0. The lowest BCUT2D eigenvalue weighted by Gasteiger charge is -2.04. The van der Waals surface area contributed by atoms with Crippen molar-refractivity contribution in [2.75, 3.05) is 0 Å². The topological polar surface area (TPSA) is 92.5 Å². The predicted molar refractivity (Wildman–Crippen MR) is 44.6 cm³/mol. The Labute approximate surface area is 67.6 Å². The Kier molecular flexibility index (Phi) is 1.33. The third kappa shape index (κ3) is 0.931. The van der Waals surface area contributed by atoms with Crippen molar-refractivity contribution >= 4 is 29.5 Å². The summed E-state index contributed by atoms with van der Waals surface area (Å²) in [6.07, 6.45) is 1.71. The number of carbonyl (C=O) groups is 1. The molecule has 0 aromatic carbocycles. The lowest BCUT2D eigenvalue weighted by Crippen LogP contribution is -2.29. The number of amidine groups is 1. The summed E-state index contributed by atoms with van der Waals surface area (Å²) in [6, 6.07) is 0. The van der Waals surface area contributed by atoms with Gasteiger partial charge in [0.15, 0.2) is 5.84 Å². The third-order valence-corrected chi connectivity index (χ3v) is 1.54. The first-order valence-electron chi connectivity index (χ1n) is 3.31. The first-order valence-corrected chi connectivity index (χ1v) is 3.31. The van der Waals surface area contributed by atoms with Crippen molar-refractivity contribution in [3.8, 4) is 0 Å². The zero-order valence-electron chi connectivity index (χ0n) is 6.06. The minimum atomic E-state index is -0.563. The summed E-state index contributed by atoms with van der Waals surface area (Å²) in [5, 5.41) is 7.28. The van der Waals surface area contributed by atoms with Crippen LogP contribution in [0.25, 0.3) is 0 Å². The van der Waals surface area contributed by atoms with Crippen LogP contribution in [0.3, 0.4) is 0 Å². The second-order valence-electron chi connectivity index (χ2n) is 2.33. The molecule has 2 aliphatic heterocycles. The van der Waals surface area contributed by atoms with E-state index < -0.39 is 5.91 Å². The number of aliphatic imine (C=N–C) groups is 2. The van der Waals surface area contributed by atoms with Gasteiger partial charge in [-0.2, -0.15) is 0 Å². The van der Waals surface area contributed by atoms with Gasteiger partial charge in [-0.05, 0) is 0 Å². The Morgan fingerprint density at radius 2 is 2.33 bits per heavy atom. The van der Waals surface area contributed by atoms with Crippen LogP contribution in [-0.2, 0) is 4.79 Å². The van der Waals surface area contributed by atoms with Gasteiger partial charge in [-0.15, -0.1) is 10.2 Å². The van der Waals surface area contributed by atoms with E-state index in [-0.39, 0.29) is 5.71 Å². The molecule has 0 saturated carbocycles. The standard InChI is InChI=1S/C6H5N5O/c7-5(12)3-1-4-6(11-10-3)9-2-8-4/h2H,1H2,(H2,7,12). The fourth-order valence-corrected chi connectivity index (χ4v) is 0.932. The molecule has 2 rings (SSSR count). The van der Waals surface area contributed by atoms with Gasteiger partial charge in [0.1, 0.15) is 12.1 Å². The summed E-state index contributed by atoms with van der Waals surface area (Å²) in [5.41, 5.74) is 5.89. The van der Waals surface area contributed by atoms with Crippen LogP contribution in [-0.4, -0.2) is 29.5 Å². The highest BCUT2D eigenvalue weighted by Crippen LogP contribution is 2.06. The number of amides is 1. The highest BCUT2D eigenvalue weighted by molar-refractivity contribution is 6.55. The van der Waals surface area contributed by atoms with Gasteiger partial charge in [0.2, 0.25) is 0 Å². The lowest BCUT2D eigenvalue weighted by atomic mass is 10.1. The van der Waals surface area contributed by atoms with Crippen molar-refractivity contribution in [1.29, 1.82) is 0 Å². The number of fused-ring (bicyclic) bond motifs is 1. The fraction of sp³-hybridized carbons (Fsp3) is 0.167. The Morgan fingerprint density at radius 3 is 3.08 bits per heavy atom. The molecule has 2 heterocycles. The van der Waals surface area contributed by atoms with Crippen molar-refractivity contribution in [2.45, 2.75) is 6.42 Å². The smallest absolute Gasteiger partial charge is 0.265 e. The van der Waals surface area contributed by atoms with Crippen LogP contribution in [0.2, 0.25) is 0 Å². The molecule has 0 aliphatic carbocycles. The number of nitrogens with two attached hydrogens (primary N) is 1. The largest absolute Gasteiger partial charge is 0.364 e. The highest BCUT2D eigenvalue weighted by Gasteiger charge is 2.21. The molecular weight excluding hydrogens is 158 g/mol. The number of hydrogen-bond acceptors (Lipinski definition) is 5. The van der Waals surface area contributed by atoms with Gasteiger partial charge in [-0.3, -0.25) is 4.79 Å². The van der Waals surface area contributed by atoms with Crippen molar-refractivity contribution in [3.05, 3.63) is 0 Å². The lowest BCUT2D eigenvalue weighted by molar-refractivity contribution is -0.112. The van der Waals surface area contributed by atoms with E-state index in [2.05, 4.69) is 20.2 Å². The van der Waals surface area contributed by atoms with Gasteiger partial charge in [0, 0.05) is 6.42 Å². The van der Waals surface area contributed by atoms with E-state index in [1.54, 1.807) is 0 Å². The Morgan fingerprint density at radius 1 is 1.50 bits per heavy atom. The molecule has 0 atom stereocenters. The Balaban J connectivity index is 2.33. The molecule has 1 amide bonds. The second kappa shape index (κ2) is 2.33. The molecule has 0 bridgehead atoms. The molecule has 0 radical (unpaired) electrons. The van der Waals surface area contributed by atoms with Gasteiger partial charge < -0.3 is 5.73 Å². The van der Waals surface area contributed by atoms with Gasteiger partial charge >= 0.3 is 0 Å². The van der Waals surface area contributed by atoms with Gasteiger partial charge in [-0.1, -0.05) is 0 Å².